The van der Waals surface area contributed by atoms with E-state index in [-0.39, 0.29) is 6.03 Å². The van der Waals surface area contributed by atoms with Crippen molar-refractivity contribution in [1.29, 1.82) is 0 Å². The topological polar surface area (TPSA) is 80.0 Å². The summed E-state index contributed by atoms with van der Waals surface area (Å²) in [5, 5.41) is 5.57. The average molecular weight is 270 g/mol. The van der Waals surface area contributed by atoms with Crippen molar-refractivity contribution in [2.75, 3.05) is 11.9 Å². The molecule has 2 amide bonds. The van der Waals surface area contributed by atoms with Gasteiger partial charge in [0, 0.05) is 37.1 Å². The Labute approximate surface area is 118 Å². The molecule has 2 aromatic rings. The van der Waals surface area contributed by atoms with Gasteiger partial charge in [-0.2, -0.15) is 0 Å². The highest BCUT2D eigenvalue weighted by atomic mass is 16.2. The molecule has 1 aromatic heterocycles. The first-order valence-corrected chi connectivity index (χ1v) is 6.51. The summed E-state index contributed by atoms with van der Waals surface area (Å²) in [5.41, 5.74) is 8.24. The molecule has 1 aromatic carbocycles. The number of hydrogen-bond acceptors (Lipinski definition) is 3. The zero-order valence-corrected chi connectivity index (χ0v) is 11.2. The van der Waals surface area contributed by atoms with Crippen LogP contribution in [0.4, 0.5) is 10.5 Å². The molecule has 1 heterocycles. The second-order valence-corrected chi connectivity index (χ2v) is 4.36. The third-order valence-corrected chi connectivity index (χ3v) is 2.81. The van der Waals surface area contributed by atoms with Crippen molar-refractivity contribution in [3.63, 3.8) is 0 Å². The number of carbonyl (C=O) groups is 1. The third kappa shape index (κ3) is 4.37. The lowest BCUT2D eigenvalue weighted by atomic mass is 10.2. The van der Waals surface area contributed by atoms with Crippen molar-refractivity contribution >= 4 is 11.7 Å². The van der Waals surface area contributed by atoms with Gasteiger partial charge in [0.1, 0.15) is 0 Å². The summed E-state index contributed by atoms with van der Waals surface area (Å²) >= 11 is 0. The number of anilines is 1. The van der Waals surface area contributed by atoms with Gasteiger partial charge in [0.2, 0.25) is 0 Å². The van der Waals surface area contributed by atoms with Crippen LogP contribution in [-0.4, -0.2) is 17.6 Å². The molecule has 2 rings (SSSR count). The molecule has 0 aliphatic rings. The molecule has 0 unspecified atom stereocenters. The van der Waals surface area contributed by atoms with E-state index in [2.05, 4.69) is 15.6 Å². The van der Waals surface area contributed by atoms with Gasteiger partial charge < -0.3 is 16.4 Å². The van der Waals surface area contributed by atoms with Gasteiger partial charge in [0.15, 0.2) is 0 Å². The summed E-state index contributed by atoms with van der Waals surface area (Å²) in [4.78, 5) is 15.9. The van der Waals surface area contributed by atoms with E-state index < -0.39 is 0 Å². The van der Waals surface area contributed by atoms with E-state index in [0.717, 1.165) is 16.9 Å². The molecule has 0 aliphatic heterocycles. The lowest BCUT2D eigenvalue weighted by Crippen LogP contribution is -2.30. The molecule has 20 heavy (non-hydrogen) atoms. The molecule has 0 saturated heterocycles. The predicted molar refractivity (Wildman–Crippen MR) is 79.3 cm³/mol. The molecule has 5 heteroatoms. The second kappa shape index (κ2) is 7.25. The van der Waals surface area contributed by atoms with Crippen LogP contribution < -0.4 is 16.4 Å². The summed E-state index contributed by atoms with van der Waals surface area (Å²) in [6, 6.07) is 13.0. The molecule has 0 saturated carbocycles. The van der Waals surface area contributed by atoms with E-state index in [1.165, 1.54) is 0 Å². The number of benzene rings is 1. The minimum Gasteiger partial charge on any atom is -0.337 e. The number of carbonyl (C=O) groups excluding carboxylic acids is 1. The Morgan fingerprint density at radius 2 is 2.10 bits per heavy atom. The molecule has 4 N–H and O–H groups in total. The Bertz CT molecular complexity index is 557. The lowest BCUT2D eigenvalue weighted by Gasteiger charge is -2.08. The summed E-state index contributed by atoms with van der Waals surface area (Å²) in [5.74, 6) is 0. The number of hydrogen-bond donors (Lipinski definition) is 3. The Morgan fingerprint density at radius 3 is 2.85 bits per heavy atom. The van der Waals surface area contributed by atoms with Gasteiger partial charge in [-0.05, 0) is 29.8 Å². The van der Waals surface area contributed by atoms with Crippen LogP contribution in [0.3, 0.4) is 0 Å². The van der Waals surface area contributed by atoms with Crippen LogP contribution >= 0.6 is 0 Å². The highest BCUT2D eigenvalue weighted by Gasteiger charge is 2.02. The monoisotopic (exact) mass is 270 g/mol. The standard InChI is InChI=1S/C15H18N4O/c16-11-12-4-3-6-14(10-12)19-15(20)18-9-7-13-5-1-2-8-17-13/h1-6,8,10H,7,9,11,16H2,(H2,18,19,20). The van der Waals surface area contributed by atoms with Crippen molar-refractivity contribution in [2.45, 2.75) is 13.0 Å². The van der Waals surface area contributed by atoms with E-state index in [9.17, 15) is 4.79 Å². The van der Waals surface area contributed by atoms with Crippen LogP contribution in [-0.2, 0) is 13.0 Å². The number of amides is 2. The van der Waals surface area contributed by atoms with Gasteiger partial charge in [0.25, 0.3) is 0 Å². The maximum atomic E-state index is 11.7. The van der Waals surface area contributed by atoms with Gasteiger partial charge in [-0.3, -0.25) is 4.98 Å². The average Bonchev–Trinajstić information content (AvgIpc) is 2.48. The first-order valence-electron chi connectivity index (χ1n) is 6.51. The fraction of sp³-hybridized carbons (Fsp3) is 0.200. The summed E-state index contributed by atoms with van der Waals surface area (Å²) in [6.45, 7) is 0.996. The second-order valence-electron chi connectivity index (χ2n) is 4.36. The number of aromatic nitrogens is 1. The highest BCUT2D eigenvalue weighted by Crippen LogP contribution is 2.09. The van der Waals surface area contributed by atoms with E-state index in [1.807, 2.05) is 42.5 Å². The van der Waals surface area contributed by atoms with Gasteiger partial charge >= 0.3 is 6.03 Å². The van der Waals surface area contributed by atoms with Crippen molar-refractivity contribution < 1.29 is 4.79 Å². The fourth-order valence-corrected chi connectivity index (χ4v) is 1.80. The summed E-state index contributed by atoms with van der Waals surface area (Å²) in [7, 11) is 0. The molecule has 0 spiro atoms. The van der Waals surface area contributed by atoms with E-state index >= 15 is 0 Å². The number of urea groups is 1. The van der Waals surface area contributed by atoms with Gasteiger partial charge in [-0.15, -0.1) is 0 Å². The molecule has 0 atom stereocenters. The zero-order chi connectivity index (χ0) is 14.2. The third-order valence-electron chi connectivity index (χ3n) is 2.81. The minimum atomic E-state index is -0.227. The first-order chi connectivity index (χ1) is 9.78. The summed E-state index contributed by atoms with van der Waals surface area (Å²) in [6.07, 6.45) is 2.45. The van der Waals surface area contributed by atoms with Crippen LogP contribution in [0.2, 0.25) is 0 Å². The molecule has 0 bridgehead atoms. The zero-order valence-electron chi connectivity index (χ0n) is 11.2. The fourth-order valence-electron chi connectivity index (χ4n) is 1.80. The highest BCUT2D eigenvalue weighted by molar-refractivity contribution is 5.89. The molecule has 104 valence electrons. The van der Waals surface area contributed by atoms with Crippen LogP contribution in [0.15, 0.2) is 48.7 Å². The number of rotatable bonds is 5. The van der Waals surface area contributed by atoms with Crippen LogP contribution in [0.25, 0.3) is 0 Å². The maximum absolute atomic E-state index is 11.7. The Kier molecular flexibility index (Phi) is 5.08. The molecular weight excluding hydrogens is 252 g/mol. The van der Waals surface area contributed by atoms with Crippen molar-refractivity contribution in [3.8, 4) is 0 Å². The van der Waals surface area contributed by atoms with Crippen molar-refractivity contribution in [1.82, 2.24) is 10.3 Å². The van der Waals surface area contributed by atoms with Crippen LogP contribution in [0, 0.1) is 0 Å². The molecule has 5 nitrogen and oxygen atoms in total. The quantitative estimate of drug-likeness (QED) is 0.776. The molecule has 0 aliphatic carbocycles. The van der Waals surface area contributed by atoms with E-state index in [0.29, 0.717) is 19.5 Å². The SMILES string of the molecule is NCc1cccc(NC(=O)NCCc2ccccn2)c1. The Balaban J connectivity index is 1.77. The number of nitrogens with one attached hydrogen (secondary N) is 2. The number of nitrogens with two attached hydrogens (primary N) is 1. The van der Waals surface area contributed by atoms with Crippen LogP contribution in [0.1, 0.15) is 11.3 Å². The van der Waals surface area contributed by atoms with Gasteiger partial charge in [-0.1, -0.05) is 18.2 Å². The first kappa shape index (κ1) is 14.0. The largest absolute Gasteiger partial charge is 0.337 e. The maximum Gasteiger partial charge on any atom is 0.319 e. The molecule has 0 radical (unpaired) electrons. The Morgan fingerprint density at radius 1 is 1.20 bits per heavy atom. The minimum absolute atomic E-state index is 0.227. The summed E-state index contributed by atoms with van der Waals surface area (Å²) < 4.78 is 0. The van der Waals surface area contributed by atoms with E-state index in [1.54, 1.807) is 6.20 Å². The van der Waals surface area contributed by atoms with Crippen molar-refractivity contribution in [3.05, 3.63) is 59.9 Å². The lowest BCUT2D eigenvalue weighted by molar-refractivity contribution is 0.252. The molecular formula is C15H18N4O. The van der Waals surface area contributed by atoms with Gasteiger partial charge in [0.05, 0.1) is 0 Å². The predicted octanol–water partition coefficient (Wildman–Crippen LogP) is 1.90. The van der Waals surface area contributed by atoms with Gasteiger partial charge in [-0.25, -0.2) is 4.79 Å². The Hall–Kier alpha value is -2.40. The van der Waals surface area contributed by atoms with Crippen molar-refractivity contribution in [2.24, 2.45) is 5.73 Å². The smallest absolute Gasteiger partial charge is 0.319 e. The van der Waals surface area contributed by atoms with Crippen LogP contribution in [0.5, 0.6) is 0 Å². The molecule has 0 fully saturated rings. The number of nitrogens with zero attached hydrogens (tertiary/aromatic N) is 1. The van der Waals surface area contributed by atoms with E-state index in [4.69, 9.17) is 5.73 Å². The normalized spacial score (nSPS) is 10.1. The number of pyridine rings is 1.